The van der Waals surface area contributed by atoms with Gasteiger partial charge in [0.25, 0.3) is 11.8 Å². The van der Waals surface area contributed by atoms with E-state index in [0.29, 0.717) is 0 Å². The number of nitrogens with zero attached hydrogens (tertiary/aromatic N) is 3. The molecule has 1 aliphatic rings. The fourth-order valence-electron chi connectivity index (χ4n) is 3.56. The molecule has 1 N–H and O–H groups in total. The minimum absolute atomic E-state index is 0.0477. The molecule has 1 fully saturated rings. The lowest BCUT2D eigenvalue weighted by Gasteiger charge is -2.29. The van der Waals surface area contributed by atoms with E-state index >= 15 is 0 Å². The van der Waals surface area contributed by atoms with Gasteiger partial charge in [0, 0.05) is 30.9 Å². The molecule has 1 aromatic heterocycles. The Hall–Kier alpha value is -3.24. The normalized spacial score (nSPS) is 19.4. The van der Waals surface area contributed by atoms with E-state index in [0.717, 1.165) is 24.3 Å². The van der Waals surface area contributed by atoms with Gasteiger partial charge in [0.2, 0.25) is 6.04 Å². The van der Waals surface area contributed by atoms with E-state index in [9.17, 15) is 15.0 Å². The van der Waals surface area contributed by atoms with Gasteiger partial charge in [-0.2, -0.15) is 4.57 Å². The SMILES string of the molecule is CCN(CC)c1ccc(C2C(=C=[N-])C(=O)NC(=O)C2[n+]2ccccc2)cc1. The van der Waals surface area contributed by atoms with Crippen LogP contribution < -0.4 is 14.8 Å². The standard InChI is InChI=1S/C21H22N4O2/c1-3-24(4-2)16-10-8-15(9-11-16)18-17(14-22)20(26)23-21(27)19(18)25-12-6-5-7-13-25/h5-13,18-19H,3-4H2,1-2H3,(H,23,26,27). The summed E-state index contributed by atoms with van der Waals surface area (Å²) < 4.78 is 1.74. The van der Waals surface area contributed by atoms with Crippen LogP contribution in [0, 0.1) is 0 Å². The molecule has 138 valence electrons. The minimum Gasteiger partial charge on any atom is -0.763 e. The lowest BCUT2D eigenvalue weighted by molar-refractivity contribution is -0.711. The summed E-state index contributed by atoms with van der Waals surface area (Å²) in [6, 6.07) is 12.5. The first-order chi connectivity index (χ1) is 13.1. The minimum atomic E-state index is -0.696. The van der Waals surface area contributed by atoms with Crippen molar-refractivity contribution in [2.45, 2.75) is 25.8 Å². The summed E-state index contributed by atoms with van der Waals surface area (Å²) >= 11 is 0. The number of carbonyl (C=O) groups is 2. The zero-order valence-corrected chi connectivity index (χ0v) is 15.4. The second-order valence-corrected chi connectivity index (χ2v) is 6.35. The summed E-state index contributed by atoms with van der Waals surface area (Å²) in [6.45, 7) is 5.95. The monoisotopic (exact) mass is 362 g/mol. The number of imide groups is 1. The predicted molar refractivity (Wildman–Crippen MR) is 103 cm³/mol. The lowest BCUT2D eigenvalue weighted by Crippen LogP contribution is -2.57. The molecule has 0 bridgehead atoms. The fraction of sp³-hybridized carbons (Fsp3) is 0.286. The first-order valence-electron chi connectivity index (χ1n) is 9.03. The molecular formula is C21H22N4O2. The summed E-state index contributed by atoms with van der Waals surface area (Å²) in [5.74, 6) is 0.354. The van der Waals surface area contributed by atoms with Crippen LogP contribution in [0.5, 0.6) is 0 Å². The quantitative estimate of drug-likeness (QED) is 0.382. The van der Waals surface area contributed by atoms with Crippen LogP contribution in [-0.4, -0.2) is 30.8 Å². The molecular weight excluding hydrogens is 340 g/mol. The molecule has 0 spiro atoms. The maximum absolute atomic E-state index is 12.6. The smallest absolute Gasteiger partial charge is 0.296 e. The van der Waals surface area contributed by atoms with Crippen LogP contribution in [0.4, 0.5) is 5.69 Å². The number of benzene rings is 1. The van der Waals surface area contributed by atoms with Crippen LogP contribution in [0.3, 0.4) is 0 Å². The van der Waals surface area contributed by atoms with Crippen molar-refractivity contribution in [1.29, 1.82) is 0 Å². The average molecular weight is 362 g/mol. The van der Waals surface area contributed by atoms with E-state index in [1.54, 1.807) is 17.0 Å². The number of rotatable bonds is 5. The van der Waals surface area contributed by atoms with Gasteiger partial charge in [0.1, 0.15) is 0 Å². The molecule has 2 aromatic rings. The topological polar surface area (TPSA) is 75.6 Å². The largest absolute Gasteiger partial charge is 0.763 e. The van der Waals surface area contributed by atoms with E-state index < -0.39 is 23.8 Å². The molecule has 1 saturated heterocycles. The Morgan fingerprint density at radius 1 is 1.07 bits per heavy atom. The van der Waals surface area contributed by atoms with Crippen molar-refractivity contribution in [3.8, 4) is 0 Å². The van der Waals surface area contributed by atoms with Crippen molar-refractivity contribution >= 4 is 23.4 Å². The highest BCUT2D eigenvalue weighted by Gasteiger charge is 2.46. The van der Waals surface area contributed by atoms with Crippen molar-refractivity contribution < 1.29 is 14.2 Å². The molecule has 6 nitrogen and oxygen atoms in total. The molecule has 2 heterocycles. The molecule has 0 aliphatic carbocycles. The van der Waals surface area contributed by atoms with Gasteiger partial charge in [-0.25, -0.2) is 0 Å². The van der Waals surface area contributed by atoms with Gasteiger partial charge in [-0.15, -0.1) is 0 Å². The fourth-order valence-corrected chi connectivity index (χ4v) is 3.56. The highest BCUT2D eigenvalue weighted by molar-refractivity contribution is 6.14. The summed E-state index contributed by atoms with van der Waals surface area (Å²) in [6.07, 6.45) is 3.54. The third-order valence-corrected chi connectivity index (χ3v) is 4.94. The molecule has 27 heavy (non-hydrogen) atoms. The molecule has 1 aromatic carbocycles. The Kier molecular flexibility index (Phi) is 5.48. The van der Waals surface area contributed by atoms with Crippen molar-refractivity contribution in [3.05, 3.63) is 71.4 Å². The molecule has 1 aliphatic heterocycles. The number of amides is 2. The van der Waals surface area contributed by atoms with Gasteiger partial charge < -0.3 is 10.3 Å². The summed E-state index contributed by atoms with van der Waals surface area (Å²) in [5.41, 5.74) is 1.89. The maximum atomic E-state index is 12.6. The summed E-state index contributed by atoms with van der Waals surface area (Å²) in [4.78, 5) is 27.1. The molecule has 3 rings (SSSR count). The summed E-state index contributed by atoms with van der Waals surface area (Å²) in [7, 11) is 0. The third kappa shape index (κ3) is 3.52. The van der Waals surface area contributed by atoms with Crippen molar-refractivity contribution in [2.24, 2.45) is 0 Å². The van der Waals surface area contributed by atoms with E-state index in [1.807, 2.05) is 48.3 Å². The average Bonchev–Trinajstić information content (AvgIpc) is 2.69. The van der Waals surface area contributed by atoms with Crippen LogP contribution in [0.1, 0.15) is 31.4 Å². The van der Waals surface area contributed by atoms with Gasteiger partial charge in [-0.3, -0.25) is 20.8 Å². The van der Waals surface area contributed by atoms with E-state index in [2.05, 4.69) is 24.1 Å². The van der Waals surface area contributed by atoms with Gasteiger partial charge in [-0.1, -0.05) is 18.2 Å². The van der Waals surface area contributed by atoms with E-state index in [4.69, 9.17) is 0 Å². The van der Waals surface area contributed by atoms with Crippen molar-refractivity contribution in [2.75, 3.05) is 18.0 Å². The number of hydrogen-bond donors (Lipinski definition) is 1. The molecule has 2 atom stereocenters. The van der Waals surface area contributed by atoms with Crippen LogP contribution in [0.15, 0.2) is 60.4 Å². The Morgan fingerprint density at radius 3 is 2.26 bits per heavy atom. The molecule has 2 amide bonds. The third-order valence-electron chi connectivity index (χ3n) is 4.94. The number of hydrogen-bond acceptors (Lipinski definition) is 3. The molecule has 0 radical (unpaired) electrons. The zero-order chi connectivity index (χ0) is 19.4. The predicted octanol–water partition coefficient (Wildman–Crippen LogP) is 1.97. The summed E-state index contributed by atoms with van der Waals surface area (Å²) in [5, 5.41) is 11.9. The van der Waals surface area contributed by atoms with Gasteiger partial charge in [0.15, 0.2) is 12.4 Å². The maximum Gasteiger partial charge on any atom is 0.296 e. The Morgan fingerprint density at radius 2 is 1.70 bits per heavy atom. The molecule has 0 saturated carbocycles. The van der Waals surface area contributed by atoms with Gasteiger partial charge in [0.05, 0.1) is 11.5 Å². The number of aromatic nitrogens is 1. The van der Waals surface area contributed by atoms with Gasteiger partial charge >= 0.3 is 0 Å². The number of pyridine rings is 1. The number of anilines is 1. The van der Waals surface area contributed by atoms with Crippen LogP contribution in [-0.2, 0) is 9.59 Å². The second-order valence-electron chi connectivity index (χ2n) is 6.35. The lowest BCUT2D eigenvalue weighted by atomic mass is 9.81. The number of piperidine rings is 1. The van der Waals surface area contributed by atoms with Crippen molar-refractivity contribution in [3.63, 3.8) is 0 Å². The van der Waals surface area contributed by atoms with Gasteiger partial charge in [-0.05, 0) is 31.5 Å². The second kappa shape index (κ2) is 7.98. The first kappa shape index (κ1) is 18.5. The number of carbonyl (C=O) groups excluding carboxylic acids is 2. The Balaban J connectivity index is 2.08. The van der Waals surface area contributed by atoms with Crippen LogP contribution in [0.25, 0.3) is 5.41 Å². The first-order valence-corrected chi connectivity index (χ1v) is 9.03. The number of nitrogens with one attached hydrogen (secondary N) is 1. The van der Waals surface area contributed by atoms with E-state index in [-0.39, 0.29) is 5.57 Å². The molecule has 2 unspecified atom stereocenters. The van der Waals surface area contributed by atoms with Crippen molar-refractivity contribution in [1.82, 2.24) is 5.32 Å². The zero-order valence-electron chi connectivity index (χ0n) is 15.4. The Bertz CT molecular complexity index is 882. The highest BCUT2D eigenvalue weighted by Crippen LogP contribution is 2.35. The Labute approximate surface area is 158 Å². The van der Waals surface area contributed by atoms with E-state index in [1.165, 1.54) is 0 Å². The van der Waals surface area contributed by atoms with Crippen LogP contribution in [0.2, 0.25) is 0 Å². The van der Waals surface area contributed by atoms with Crippen LogP contribution >= 0.6 is 0 Å². The highest BCUT2D eigenvalue weighted by atomic mass is 16.2. The molecule has 6 heteroatoms.